The van der Waals surface area contributed by atoms with E-state index in [4.69, 9.17) is 0 Å². The van der Waals surface area contributed by atoms with E-state index in [1.165, 1.54) is 5.57 Å². The zero-order valence-electron chi connectivity index (χ0n) is 6.52. The Balaban J connectivity index is 2.31. The number of carbonyl (C=O) groups is 1. The molecule has 1 nitrogen and oxygen atoms in total. The summed E-state index contributed by atoms with van der Waals surface area (Å²) in [7, 11) is 0. The van der Waals surface area contributed by atoms with Gasteiger partial charge in [-0.1, -0.05) is 5.57 Å². The first kappa shape index (κ1) is 7.52. The summed E-state index contributed by atoms with van der Waals surface area (Å²) >= 11 is 0. The summed E-state index contributed by atoms with van der Waals surface area (Å²) in [6.45, 7) is 5.86. The van der Waals surface area contributed by atoms with Gasteiger partial charge in [-0.05, 0) is 25.7 Å². The molecule has 1 aliphatic carbocycles. The average Bonchev–Trinajstić information content (AvgIpc) is 2.13. The van der Waals surface area contributed by atoms with Crippen molar-refractivity contribution < 1.29 is 4.79 Å². The summed E-state index contributed by atoms with van der Waals surface area (Å²) in [5.41, 5.74) is 1.21. The fraction of sp³-hybridized carbons (Fsp3) is 0.667. The molecule has 0 aromatic rings. The van der Waals surface area contributed by atoms with Crippen LogP contribution < -0.4 is 0 Å². The van der Waals surface area contributed by atoms with Crippen LogP contribution in [0.15, 0.2) is 12.2 Å². The van der Waals surface area contributed by atoms with Gasteiger partial charge in [0.2, 0.25) is 0 Å². The smallest absolute Gasteiger partial charge is 0.133 e. The number of hydrogen-bond donors (Lipinski definition) is 0. The summed E-state index contributed by atoms with van der Waals surface area (Å²) < 4.78 is 0. The van der Waals surface area contributed by atoms with E-state index in [9.17, 15) is 4.79 Å². The maximum atomic E-state index is 10.8. The van der Waals surface area contributed by atoms with Crippen molar-refractivity contribution in [1.82, 2.24) is 0 Å². The molecule has 0 N–H and O–H groups in total. The summed E-state index contributed by atoms with van der Waals surface area (Å²) in [6, 6.07) is 0. The normalized spacial score (nSPS) is 25.3. The quantitative estimate of drug-likeness (QED) is 0.535. The lowest BCUT2D eigenvalue weighted by Gasteiger charge is -2.05. The van der Waals surface area contributed by atoms with E-state index in [2.05, 4.69) is 6.58 Å². The fourth-order valence-corrected chi connectivity index (χ4v) is 1.56. The van der Waals surface area contributed by atoms with Crippen LogP contribution in [0.4, 0.5) is 0 Å². The molecule has 0 heterocycles. The molecule has 10 heavy (non-hydrogen) atoms. The van der Waals surface area contributed by atoms with Gasteiger partial charge in [0.25, 0.3) is 0 Å². The first-order valence-corrected chi connectivity index (χ1v) is 3.84. The van der Waals surface area contributed by atoms with Crippen LogP contribution in [0, 0.1) is 5.92 Å². The molecular weight excluding hydrogens is 124 g/mol. The van der Waals surface area contributed by atoms with Gasteiger partial charge in [-0.3, -0.25) is 4.79 Å². The minimum absolute atomic E-state index is 0.436. The molecule has 1 heteroatoms. The number of carbonyl (C=O) groups excluding carboxylic acids is 1. The molecule has 1 aliphatic rings. The monoisotopic (exact) mass is 138 g/mol. The molecule has 1 atom stereocenters. The van der Waals surface area contributed by atoms with E-state index in [0.717, 1.165) is 25.7 Å². The summed E-state index contributed by atoms with van der Waals surface area (Å²) in [5.74, 6) is 1.05. The Morgan fingerprint density at radius 3 is 2.90 bits per heavy atom. The van der Waals surface area contributed by atoms with Crippen molar-refractivity contribution in [2.45, 2.75) is 32.6 Å². The Hall–Kier alpha value is -0.590. The van der Waals surface area contributed by atoms with Crippen molar-refractivity contribution in [2.24, 2.45) is 5.92 Å². The lowest BCUT2D eigenvalue weighted by atomic mass is 10.0. The van der Waals surface area contributed by atoms with Gasteiger partial charge in [-0.15, -0.1) is 6.58 Å². The lowest BCUT2D eigenvalue weighted by molar-refractivity contribution is -0.117. The molecular formula is C9H14O. The largest absolute Gasteiger partial charge is 0.300 e. The number of allylic oxidation sites excluding steroid dienone is 1. The SMILES string of the molecule is C=C(C)CC1CCC(=O)C1. The summed E-state index contributed by atoms with van der Waals surface area (Å²) in [5, 5.41) is 0. The molecule has 0 amide bonds. The van der Waals surface area contributed by atoms with Crippen LogP contribution in [0.3, 0.4) is 0 Å². The molecule has 56 valence electrons. The van der Waals surface area contributed by atoms with E-state index in [1.807, 2.05) is 6.92 Å². The second-order valence-electron chi connectivity index (χ2n) is 3.31. The summed E-state index contributed by atoms with van der Waals surface area (Å²) in [4.78, 5) is 10.8. The zero-order chi connectivity index (χ0) is 7.56. The van der Waals surface area contributed by atoms with Gasteiger partial charge in [0.05, 0.1) is 0 Å². The van der Waals surface area contributed by atoms with Gasteiger partial charge in [-0.25, -0.2) is 0 Å². The highest BCUT2D eigenvalue weighted by molar-refractivity contribution is 5.80. The maximum Gasteiger partial charge on any atom is 0.133 e. The van der Waals surface area contributed by atoms with Crippen molar-refractivity contribution in [1.29, 1.82) is 0 Å². The van der Waals surface area contributed by atoms with Gasteiger partial charge in [-0.2, -0.15) is 0 Å². The molecule has 1 fully saturated rings. The Bertz CT molecular complexity index is 158. The van der Waals surface area contributed by atoms with Gasteiger partial charge >= 0.3 is 0 Å². The minimum atomic E-state index is 0.436. The van der Waals surface area contributed by atoms with Crippen LogP contribution in [0.5, 0.6) is 0 Å². The Labute approximate surface area is 62.1 Å². The van der Waals surface area contributed by atoms with Crippen LogP contribution in [0.1, 0.15) is 32.6 Å². The van der Waals surface area contributed by atoms with Gasteiger partial charge in [0.1, 0.15) is 5.78 Å². The van der Waals surface area contributed by atoms with Crippen molar-refractivity contribution in [2.75, 3.05) is 0 Å². The molecule has 0 radical (unpaired) electrons. The number of ketones is 1. The van der Waals surface area contributed by atoms with Crippen LogP contribution >= 0.6 is 0 Å². The molecule has 0 aromatic carbocycles. The topological polar surface area (TPSA) is 17.1 Å². The van der Waals surface area contributed by atoms with Crippen LogP contribution in [0.2, 0.25) is 0 Å². The third-order valence-electron chi connectivity index (χ3n) is 1.98. The zero-order valence-corrected chi connectivity index (χ0v) is 6.52. The molecule has 0 bridgehead atoms. The minimum Gasteiger partial charge on any atom is -0.300 e. The first-order valence-electron chi connectivity index (χ1n) is 3.84. The van der Waals surface area contributed by atoms with Crippen LogP contribution in [-0.2, 0) is 4.79 Å². The van der Waals surface area contributed by atoms with Gasteiger partial charge < -0.3 is 0 Å². The average molecular weight is 138 g/mol. The third kappa shape index (κ3) is 1.98. The Morgan fingerprint density at radius 1 is 1.80 bits per heavy atom. The second-order valence-corrected chi connectivity index (χ2v) is 3.31. The van der Waals surface area contributed by atoms with E-state index in [0.29, 0.717) is 11.7 Å². The highest BCUT2D eigenvalue weighted by Crippen LogP contribution is 2.26. The van der Waals surface area contributed by atoms with E-state index >= 15 is 0 Å². The second kappa shape index (κ2) is 3.00. The van der Waals surface area contributed by atoms with E-state index in [1.54, 1.807) is 0 Å². The molecule has 0 aliphatic heterocycles. The number of Topliss-reactive ketones (excluding diaryl/α,β-unsaturated/α-hetero) is 1. The standard InChI is InChI=1S/C9H14O/c1-7(2)5-8-3-4-9(10)6-8/h8H,1,3-6H2,2H3. The van der Waals surface area contributed by atoms with Crippen molar-refractivity contribution >= 4 is 5.78 Å². The Kier molecular flexibility index (Phi) is 2.25. The molecule has 1 rings (SSSR count). The first-order chi connectivity index (χ1) is 4.68. The molecule has 0 spiro atoms. The number of hydrogen-bond acceptors (Lipinski definition) is 1. The Morgan fingerprint density at radius 2 is 2.50 bits per heavy atom. The van der Waals surface area contributed by atoms with E-state index < -0.39 is 0 Å². The maximum absolute atomic E-state index is 10.8. The van der Waals surface area contributed by atoms with Crippen LogP contribution in [0.25, 0.3) is 0 Å². The fourth-order valence-electron chi connectivity index (χ4n) is 1.56. The van der Waals surface area contributed by atoms with Gasteiger partial charge in [0, 0.05) is 12.8 Å². The van der Waals surface area contributed by atoms with Crippen LogP contribution in [-0.4, -0.2) is 5.78 Å². The van der Waals surface area contributed by atoms with Crippen molar-refractivity contribution in [3.63, 3.8) is 0 Å². The molecule has 0 aromatic heterocycles. The molecule has 0 saturated heterocycles. The predicted octanol–water partition coefficient (Wildman–Crippen LogP) is 2.32. The van der Waals surface area contributed by atoms with E-state index in [-0.39, 0.29) is 0 Å². The highest BCUT2D eigenvalue weighted by Gasteiger charge is 2.21. The predicted molar refractivity (Wildman–Crippen MR) is 41.8 cm³/mol. The third-order valence-corrected chi connectivity index (χ3v) is 1.98. The summed E-state index contributed by atoms with van der Waals surface area (Å²) in [6.07, 6.45) is 3.74. The van der Waals surface area contributed by atoms with Crippen molar-refractivity contribution in [3.8, 4) is 0 Å². The molecule has 1 saturated carbocycles. The number of rotatable bonds is 2. The van der Waals surface area contributed by atoms with Gasteiger partial charge in [0.15, 0.2) is 0 Å². The highest BCUT2D eigenvalue weighted by atomic mass is 16.1. The van der Waals surface area contributed by atoms with Crippen molar-refractivity contribution in [3.05, 3.63) is 12.2 Å². The lowest BCUT2D eigenvalue weighted by Crippen LogP contribution is -1.94. The molecule has 1 unspecified atom stereocenters.